The Morgan fingerprint density at radius 1 is 1.05 bits per heavy atom. The predicted octanol–water partition coefficient (Wildman–Crippen LogP) is 7.43. The highest BCUT2D eigenvalue weighted by molar-refractivity contribution is 7.98. The molecular formula is C29H35ClN4O3S. The van der Waals surface area contributed by atoms with E-state index in [2.05, 4.69) is 12.2 Å². The number of rotatable bonds is 13. The van der Waals surface area contributed by atoms with Crippen LogP contribution in [0.4, 0.5) is 5.95 Å². The first-order valence-electron chi connectivity index (χ1n) is 13.2. The number of nitrogens with one attached hydrogen (secondary N) is 1. The number of benzene rings is 2. The van der Waals surface area contributed by atoms with Crippen LogP contribution in [0.25, 0.3) is 0 Å². The Balaban J connectivity index is 1.58. The molecule has 0 aliphatic carbocycles. The van der Waals surface area contributed by atoms with Gasteiger partial charge in [0.15, 0.2) is 0 Å². The number of hydrogen-bond acceptors (Lipinski definition) is 7. The van der Waals surface area contributed by atoms with Gasteiger partial charge in [0.2, 0.25) is 11.1 Å². The van der Waals surface area contributed by atoms with Gasteiger partial charge in [-0.25, -0.2) is 9.48 Å². The lowest BCUT2D eigenvalue weighted by molar-refractivity contribution is -0.139. The van der Waals surface area contributed by atoms with Gasteiger partial charge in [-0.15, -0.1) is 5.10 Å². The molecule has 1 aromatic heterocycles. The van der Waals surface area contributed by atoms with Crippen molar-refractivity contribution in [1.29, 1.82) is 0 Å². The number of carbonyl (C=O) groups is 1. The number of unbranched alkanes of at least 4 members (excludes halogenated alkanes) is 3. The number of allylic oxidation sites excluding steroid dienone is 1. The lowest BCUT2D eigenvalue weighted by Gasteiger charge is -2.28. The van der Waals surface area contributed by atoms with Crippen LogP contribution < -0.4 is 10.1 Å². The molecule has 0 radical (unpaired) electrons. The zero-order chi connectivity index (χ0) is 26.9. The van der Waals surface area contributed by atoms with Gasteiger partial charge >= 0.3 is 5.97 Å². The van der Waals surface area contributed by atoms with Crippen LogP contribution in [0.2, 0.25) is 5.02 Å². The summed E-state index contributed by atoms with van der Waals surface area (Å²) >= 11 is 7.83. The Bertz CT molecular complexity index is 1260. The van der Waals surface area contributed by atoms with Crippen molar-refractivity contribution < 1.29 is 14.3 Å². The quantitative estimate of drug-likeness (QED) is 0.134. The number of thioether (sulfide) groups is 1. The number of halogens is 1. The van der Waals surface area contributed by atoms with Gasteiger partial charge < -0.3 is 14.8 Å². The maximum absolute atomic E-state index is 13.2. The van der Waals surface area contributed by atoms with Crippen molar-refractivity contribution in [3.63, 3.8) is 0 Å². The van der Waals surface area contributed by atoms with Crippen LogP contribution >= 0.6 is 23.4 Å². The Morgan fingerprint density at radius 2 is 1.84 bits per heavy atom. The van der Waals surface area contributed by atoms with Crippen molar-refractivity contribution in [2.24, 2.45) is 0 Å². The van der Waals surface area contributed by atoms with Crippen LogP contribution in [0, 0.1) is 0 Å². The van der Waals surface area contributed by atoms with E-state index >= 15 is 0 Å². The van der Waals surface area contributed by atoms with Crippen LogP contribution in [-0.2, 0) is 15.3 Å². The monoisotopic (exact) mass is 554 g/mol. The number of anilines is 1. The second kappa shape index (κ2) is 13.7. The van der Waals surface area contributed by atoms with Crippen molar-refractivity contribution in [3.05, 3.63) is 76.0 Å². The number of aromatic nitrogens is 3. The van der Waals surface area contributed by atoms with Gasteiger partial charge in [-0.2, -0.15) is 4.98 Å². The summed E-state index contributed by atoms with van der Waals surface area (Å²) < 4.78 is 13.3. The second-order valence-corrected chi connectivity index (χ2v) is 10.6. The summed E-state index contributed by atoms with van der Waals surface area (Å²) in [4.78, 5) is 17.9. The zero-order valence-electron chi connectivity index (χ0n) is 22.2. The smallest absolute Gasteiger partial charge is 0.338 e. The van der Waals surface area contributed by atoms with Gasteiger partial charge in [0, 0.05) is 16.5 Å². The highest BCUT2D eigenvalue weighted by atomic mass is 35.5. The fraction of sp³-hybridized carbons (Fsp3) is 0.414. The zero-order valence-corrected chi connectivity index (χ0v) is 23.8. The molecule has 0 bridgehead atoms. The maximum atomic E-state index is 13.2. The first kappa shape index (κ1) is 28.0. The van der Waals surface area contributed by atoms with Crippen molar-refractivity contribution >= 4 is 35.3 Å². The predicted molar refractivity (Wildman–Crippen MR) is 153 cm³/mol. The minimum atomic E-state index is -0.476. The lowest BCUT2D eigenvalue weighted by atomic mass is 9.96. The largest absolute Gasteiger partial charge is 0.494 e. The third-order valence-corrected chi connectivity index (χ3v) is 7.52. The number of nitrogens with zero attached hydrogens (tertiary/aromatic N) is 3. The molecule has 7 nitrogen and oxygen atoms in total. The minimum Gasteiger partial charge on any atom is -0.494 e. The molecule has 4 rings (SSSR count). The van der Waals surface area contributed by atoms with Gasteiger partial charge in [0.1, 0.15) is 11.8 Å². The molecule has 3 aromatic rings. The summed E-state index contributed by atoms with van der Waals surface area (Å²) in [6.45, 7) is 7.10. The average molecular weight is 555 g/mol. The van der Waals surface area contributed by atoms with Crippen LogP contribution in [0.15, 0.2) is 65.0 Å². The number of ether oxygens (including phenoxy) is 2. The van der Waals surface area contributed by atoms with E-state index in [1.807, 2.05) is 62.4 Å². The minimum absolute atomic E-state index is 0.357. The fourth-order valence-corrected chi connectivity index (χ4v) is 5.38. The van der Waals surface area contributed by atoms with Gasteiger partial charge in [-0.05, 0) is 49.1 Å². The van der Waals surface area contributed by atoms with Crippen molar-refractivity contribution in [2.75, 3.05) is 18.5 Å². The number of esters is 1. The van der Waals surface area contributed by atoms with E-state index in [0.29, 0.717) is 46.4 Å². The Hall–Kier alpha value is -2.97. The molecule has 2 heterocycles. The summed E-state index contributed by atoms with van der Waals surface area (Å²) in [5, 5.41) is 9.36. The van der Waals surface area contributed by atoms with Crippen molar-refractivity contribution in [2.45, 2.75) is 69.8 Å². The molecule has 0 amide bonds. The van der Waals surface area contributed by atoms with E-state index in [1.54, 1.807) is 4.68 Å². The van der Waals surface area contributed by atoms with E-state index in [-0.39, 0.29) is 5.97 Å². The summed E-state index contributed by atoms with van der Waals surface area (Å²) in [6.07, 6.45) is 5.38. The van der Waals surface area contributed by atoms with Gasteiger partial charge in [-0.1, -0.05) is 86.8 Å². The van der Waals surface area contributed by atoms with Crippen molar-refractivity contribution in [3.8, 4) is 5.75 Å². The summed E-state index contributed by atoms with van der Waals surface area (Å²) in [5.41, 5.74) is 3.14. The van der Waals surface area contributed by atoms with E-state index < -0.39 is 6.04 Å². The Kier molecular flexibility index (Phi) is 10.1. The number of fused-ring (bicyclic) bond motifs is 1. The molecule has 202 valence electrons. The fourth-order valence-electron chi connectivity index (χ4n) is 4.26. The van der Waals surface area contributed by atoms with Crippen LogP contribution in [0.1, 0.15) is 70.0 Å². The standard InChI is InChI=1S/C29H35ClN4O3S/c1-4-6-7-10-18-36-23-15-13-21(14-16-23)26-25(27(35)37-17-5-2)20(3)31-28-32-29(33-34(26)28)38-19-22-11-8-9-12-24(22)30/h8-9,11-16,26H,4-7,10,17-19H2,1-3H3,(H,31,32,33). The molecule has 0 spiro atoms. The first-order chi connectivity index (χ1) is 18.5. The van der Waals surface area contributed by atoms with Gasteiger partial charge in [0.25, 0.3) is 0 Å². The topological polar surface area (TPSA) is 78.3 Å². The lowest BCUT2D eigenvalue weighted by Crippen LogP contribution is -2.29. The molecule has 38 heavy (non-hydrogen) atoms. The van der Waals surface area contributed by atoms with Crippen LogP contribution in [0.5, 0.6) is 5.75 Å². The maximum Gasteiger partial charge on any atom is 0.338 e. The Morgan fingerprint density at radius 3 is 2.58 bits per heavy atom. The second-order valence-electron chi connectivity index (χ2n) is 9.22. The third-order valence-electron chi connectivity index (χ3n) is 6.27. The molecule has 1 atom stereocenters. The van der Waals surface area contributed by atoms with Crippen molar-refractivity contribution in [1.82, 2.24) is 14.8 Å². The summed E-state index contributed by atoms with van der Waals surface area (Å²) in [5.74, 6) is 1.67. The molecule has 9 heteroatoms. The average Bonchev–Trinajstić information content (AvgIpc) is 3.33. The molecule has 1 aliphatic heterocycles. The van der Waals surface area contributed by atoms with Crippen LogP contribution in [-0.4, -0.2) is 33.9 Å². The third kappa shape index (κ3) is 6.91. The van der Waals surface area contributed by atoms with Gasteiger partial charge in [-0.3, -0.25) is 0 Å². The number of hydrogen-bond donors (Lipinski definition) is 1. The van der Waals surface area contributed by atoms with E-state index in [0.717, 1.165) is 29.7 Å². The van der Waals surface area contributed by atoms with E-state index in [9.17, 15) is 4.79 Å². The summed E-state index contributed by atoms with van der Waals surface area (Å²) in [6, 6.07) is 15.1. The molecular weight excluding hydrogens is 520 g/mol. The SMILES string of the molecule is CCCCCCOc1ccc(C2C(C(=O)OCCC)=C(C)Nc3nc(SCc4ccccc4Cl)nn32)cc1. The molecule has 0 saturated heterocycles. The van der Waals surface area contributed by atoms with E-state index in [4.69, 9.17) is 31.2 Å². The first-order valence-corrected chi connectivity index (χ1v) is 14.6. The molecule has 2 aromatic carbocycles. The molecule has 0 fully saturated rings. The highest BCUT2D eigenvalue weighted by Crippen LogP contribution is 2.37. The highest BCUT2D eigenvalue weighted by Gasteiger charge is 2.35. The molecule has 1 aliphatic rings. The molecule has 1 N–H and O–H groups in total. The molecule has 0 saturated carbocycles. The molecule has 1 unspecified atom stereocenters. The Labute approximate surface area is 234 Å². The van der Waals surface area contributed by atoms with E-state index in [1.165, 1.54) is 31.0 Å². The van der Waals surface area contributed by atoms with Crippen LogP contribution in [0.3, 0.4) is 0 Å². The number of carbonyl (C=O) groups excluding carboxylic acids is 1. The normalized spacial score (nSPS) is 14.7. The van der Waals surface area contributed by atoms with Gasteiger partial charge in [0.05, 0.1) is 18.8 Å². The summed E-state index contributed by atoms with van der Waals surface area (Å²) in [7, 11) is 0.